The summed E-state index contributed by atoms with van der Waals surface area (Å²) < 4.78 is 22.1. The van der Waals surface area contributed by atoms with Gasteiger partial charge in [0.1, 0.15) is 5.82 Å². The van der Waals surface area contributed by atoms with E-state index in [1.54, 1.807) is 13.8 Å². The molecular formula is C14H15FO5. The van der Waals surface area contributed by atoms with Gasteiger partial charge in [0.05, 0.1) is 13.0 Å². The normalized spacial score (nSPS) is 11.8. The van der Waals surface area contributed by atoms with Crippen molar-refractivity contribution in [2.45, 2.75) is 20.0 Å². The highest BCUT2D eigenvalue weighted by Crippen LogP contribution is 2.11. The minimum atomic E-state index is -1.68. The molecule has 0 spiro atoms. The van der Waals surface area contributed by atoms with E-state index in [1.165, 1.54) is 12.1 Å². The molecule has 1 rings (SSSR count). The Labute approximate surface area is 115 Å². The summed E-state index contributed by atoms with van der Waals surface area (Å²) in [4.78, 5) is 35.2. The summed E-state index contributed by atoms with van der Waals surface area (Å²) in [6.45, 7) is 3.14. The van der Waals surface area contributed by atoms with Gasteiger partial charge >= 0.3 is 11.9 Å². The maximum atomic E-state index is 12.8. The molecule has 0 heterocycles. The summed E-state index contributed by atoms with van der Waals surface area (Å²) in [7, 11) is 1.08. The minimum absolute atomic E-state index is 0.0540. The Bertz CT molecular complexity index is 507. The summed E-state index contributed by atoms with van der Waals surface area (Å²) in [5, 5.41) is 0. The molecule has 0 N–H and O–H groups in total. The van der Waals surface area contributed by atoms with Crippen molar-refractivity contribution in [1.29, 1.82) is 0 Å². The van der Waals surface area contributed by atoms with Crippen LogP contribution in [0, 0.1) is 11.7 Å². The molecule has 0 aliphatic heterocycles. The van der Waals surface area contributed by atoms with Crippen LogP contribution in [0.25, 0.3) is 0 Å². The lowest BCUT2D eigenvalue weighted by atomic mass is 10.1. The fourth-order valence-corrected chi connectivity index (χ4v) is 1.33. The van der Waals surface area contributed by atoms with Crippen molar-refractivity contribution in [3.05, 3.63) is 35.6 Å². The molecule has 1 aromatic rings. The van der Waals surface area contributed by atoms with E-state index in [9.17, 15) is 18.8 Å². The zero-order valence-corrected chi connectivity index (χ0v) is 11.4. The number of carbonyl (C=O) groups excluding carboxylic acids is 3. The lowest BCUT2D eigenvalue weighted by Gasteiger charge is -2.16. The first-order valence-corrected chi connectivity index (χ1v) is 5.95. The molecule has 0 fully saturated rings. The van der Waals surface area contributed by atoms with Crippen LogP contribution in [0.15, 0.2) is 24.3 Å². The van der Waals surface area contributed by atoms with Gasteiger partial charge in [-0.2, -0.15) is 0 Å². The van der Waals surface area contributed by atoms with Gasteiger partial charge in [-0.25, -0.2) is 9.18 Å². The van der Waals surface area contributed by atoms with Gasteiger partial charge in [-0.15, -0.1) is 0 Å². The van der Waals surface area contributed by atoms with Crippen molar-refractivity contribution in [2.24, 2.45) is 5.92 Å². The molecule has 0 aromatic heterocycles. The highest BCUT2D eigenvalue weighted by molar-refractivity contribution is 6.12. The van der Waals surface area contributed by atoms with Crippen molar-refractivity contribution < 1.29 is 28.2 Å². The van der Waals surface area contributed by atoms with Gasteiger partial charge in [-0.3, -0.25) is 9.59 Å². The smallest absolute Gasteiger partial charge is 0.355 e. The first-order chi connectivity index (χ1) is 9.36. The SMILES string of the molecule is COC(=O)C(OC(=O)C(C)C)C(=O)c1ccc(F)cc1. The monoisotopic (exact) mass is 282 g/mol. The molecule has 0 aliphatic carbocycles. The number of carbonyl (C=O) groups is 3. The van der Waals surface area contributed by atoms with Crippen LogP contribution in [0.2, 0.25) is 0 Å². The van der Waals surface area contributed by atoms with Gasteiger partial charge in [0.2, 0.25) is 5.78 Å². The highest BCUT2D eigenvalue weighted by Gasteiger charge is 2.33. The molecule has 108 valence electrons. The Morgan fingerprint density at radius 2 is 1.60 bits per heavy atom. The standard InChI is InChI=1S/C14H15FO5/c1-8(2)13(17)20-12(14(18)19-3)11(16)9-4-6-10(15)7-5-9/h4-8,12H,1-3H3. The Balaban J connectivity index is 2.98. The quantitative estimate of drug-likeness (QED) is 0.467. The van der Waals surface area contributed by atoms with Crippen molar-refractivity contribution in [1.82, 2.24) is 0 Å². The molecule has 1 aromatic carbocycles. The van der Waals surface area contributed by atoms with Crippen LogP contribution < -0.4 is 0 Å². The second-order valence-electron chi connectivity index (χ2n) is 4.37. The largest absolute Gasteiger partial charge is 0.466 e. The molecule has 5 nitrogen and oxygen atoms in total. The number of rotatable bonds is 5. The molecule has 0 saturated carbocycles. The second kappa shape index (κ2) is 6.79. The fraction of sp³-hybridized carbons (Fsp3) is 0.357. The van der Waals surface area contributed by atoms with E-state index in [0.29, 0.717) is 0 Å². The van der Waals surface area contributed by atoms with Gasteiger partial charge in [0, 0.05) is 5.56 Å². The third kappa shape index (κ3) is 3.88. The summed E-state index contributed by atoms with van der Waals surface area (Å²) in [6.07, 6.45) is -1.68. The van der Waals surface area contributed by atoms with Gasteiger partial charge in [0.15, 0.2) is 0 Å². The van der Waals surface area contributed by atoms with Crippen LogP contribution >= 0.6 is 0 Å². The van der Waals surface area contributed by atoms with E-state index in [2.05, 4.69) is 4.74 Å². The van der Waals surface area contributed by atoms with Crippen LogP contribution in [-0.2, 0) is 19.1 Å². The first-order valence-electron chi connectivity index (χ1n) is 5.95. The average molecular weight is 282 g/mol. The Morgan fingerprint density at radius 1 is 1.05 bits per heavy atom. The van der Waals surface area contributed by atoms with E-state index in [1.807, 2.05) is 0 Å². The molecule has 0 aliphatic rings. The zero-order valence-electron chi connectivity index (χ0n) is 11.4. The Kier molecular flexibility index (Phi) is 5.37. The molecule has 20 heavy (non-hydrogen) atoms. The Hall–Kier alpha value is -2.24. The number of ketones is 1. The van der Waals surface area contributed by atoms with Gasteiger partial charge in [0.25, 0.3) is 6.10 Å². The minimum Gasteiger partial charge on any atom is -0.466 e. The summed E-state index contributed by atoms with van der Waals surface area (Å²) in [6, 6.07) is 4.56. The van der Waals surface area contributed by atoms with Crippen LogP contribution in [0.5, 0.6) is 0 Å². The second-order valence-corrected chi connectivity index (χ2v) is 4.37. The predicted molar refractivity (Wildman–Crippen MR) is 67.5 cm³/mol. The Morgan fingerprint density at radius 3 is 2.05 bits per heavy atom. The number of esters is 2. The number of methoxy groups -OCH3 is 1. The van der Waals surface area contributed by atoms with Crippen LogP contribution in [0.1, 0.15) is 24.2 Å². The van der Waals surface area contributed by atoms with E-state index in [0.717, 1.165) is 19.2 Å². The fourth-order valence-electron chi connectivity index (χ4n) is 1.33. The van der Waals surface area contributed by atoms with Crippen LogP contribution in [-0.4, -0.2) is 30.9 Å². The number of hydrogen-bond acceptors (Lipinski definition) is 5. The summed E-state index contributed by atoms with van der Waals surface area (Å²) >= 11 is 0. The van der Waals surface area contributed by atoms with E-state index in [-0.39, 0.29) is 5.56 Å². The van der Waals surface area contributed by atoms with Gasteiger partial charge in [-0.1, -0.05) is 13.8 Å². The number of ether oxygens (including phenoxy) is 2. The third-order valence-corrected chi connectivity index (χ3v) is 2.49. The lowest BCUT2D eigenvalue weighted by molar-refractivity contribution is -0.164. The summed E-state index contributed by atoms with van der Waals surface area (Å²) in [5.41, 5.74) is 0.0540. The molecule has 0 radical (unpaired) electrons. The van der Waals surface area contributed by atoms with Crippen molar-refractivity contribution >= 4 is 17.7 Å². The van der Waals surface area contributed by atoms with Crippen molar-refractivity contribution in [3.8, 4) is 0 Å². The lowest BCUT2D eigenvalue weighted by Crippen LogP contribution is -2.37. The molecule has 0 saturated heterocycles. The first kappa shape index (κ1) is 15.8. The molecule has 0 amide bonds. The zero-order chi connectivity index (χ0) is 15.3. The summed E-state index contributed by atoms with van der Waals surface area (Å²) in [5.74, 6) is -3.45. The maximum Gasteiger partial charge on any atom is 0.355 e. The third-order valence-electron chi connectivity index (χ3n) is 2.49. The number of halogens is 1. The van der Waals surface area contributed by atoms with Crippen molar-refractivity contribution in [2.75, 3.05) is 7.11 Å². The van der Waals surface area contributed by atoms with E-state index >= 15 is 0 Å². The highest BCUT2D eigenvalue weighted by atomic mass is 19.1. The van der Waals surface area contributed by atoms with Crippen LogP contribution in [0.4, 0.5) is 4.39 Å². The molecule has 1 unspecified atom stereocenters. The molecular weight excluding hydrogens is 267 g/mol. The maximum absolute atomic E-state index is 12.8. The van der Waals surface area contributed by atoms with Crippen molar-refractivity contribution in [3.63, 3.8) is 0 Å². The van der Waals surface area contributed by atoms with Gasteiger partial charge in [-0.05, 0) is 24.3 Å². The number of Topliss-reactive ketones (excluding diaryl/α,β-unsaturated/α-hetero) is 1. The molecule has 1 atom stereocenters. The van der Waals surface area contributed by atoms with E-state index < -0.39 is 35.6 Å². The van der Waals surface area contributed by atoms with Gasteiger partial charge < -0.3 is 9.47 Å². The van der Waals surface area contributed by atoms with Crippen LogP contribution in [0.3, 0.4) is 0 Å². The number of hydrogen-bond donors (Lipinski definition) is 0. The average Bonchev–Trinajstić information content (AvgIpc) is 2.43. The number of benzene rings is 1. The predicted octanol–water partition coefficient (Wildman–Crippen LogP) is 1.75. The topological polar surface area (TPSA) is 69.7 Å². The van der Waals surface area contributed by atoms with E-state index in [4.69, 9.17) is 4.74 Å². The molecule has 0 bridgehead atoms. The molecule has 6 heteroatoms.